The second kappa shape index (κ2) is 6.48. The molecular weight excluding hydrogens is 365 g/mol. The molecule has 20 heavy (non-hydrogen) atoms. The molecule has 0 bridgehead atoms. The lowest BCUT2D eigenvalue weighted by Gasteiger charge is -2.17. The maximum Gasteiger partial charge on any atom is 0.330 e. The van der Waals surface area contributed by atoms with Crippen molar-refractivity contribution >= 4 is 50.8 Å². The first kappa shape index (κ1) is 15.2. The smallest absolute Gasteiger partial charge is 0.330 e. The van der Waals surface area contributed by atoms with Gasteiger partial charge < -0.3 is 10.4 Å². The molecular formula is C14H10BrCl2NO2. The maximum absolute atomic E-state index is 11.5. The average molecular weight is 375 g/mol. The number of para-hydroxylation sites is 1. The lowest BCUT2D eigenvalue weighted by atomic mass is 10.1. The Labute approximate surface area is 134 Å². The number of anilines is 1. The van der Waals surface area contributed by atoms with E-state index < -0.39 is 12.0 Å². The van der Waals surface area contributed by atoms with Crippen molar-refractivity contribution in [3.63, 3.8) is 0 Å². The van der Waals surface area contributed by atoms with Crippen LogP contribution in [0.1, 0.15) is 11.6 Å². The molecule has 2 aromatic rings. The van der Waals surface area contributed by atoms with Crippen LogP contribution < -0.4 is 5.32 Å². The van der Waals surface area contributed by atoms with Crippen LogP contribution in [0.2, 0.25) is 10.0 Å². The van der Waals surface area contributed by atoms with Crippen LogP contribution in [0.4, 0.5) is 5.69 Å². The molecule has 0 radical (unpaired) electrons. The standard InChI is InChI=1S/C14H10BrCl2NO2/c15-9-3-1-2-4-12(9)18-13(14(19)20)8-5-6-10(16)11(17)7-8/h1-7,13,18H,(H,19,20). The molecule has 0 aliphatic heterocycles. The van der Waals surface area contributed by atoms with Crippen molar-refractivity contribution in [2.24, 2.45) is 0 Å². The molecule has 2 rings (SSSR count). The number of hydrogen-bond acceptors (Lipinski definition) is 2. The van der Waals surface area contributed by atoms with Gasteiger partial charge in [0.15, 0.2) is 6.04 Å². The first-order chi connectivity index (χ1) is 9.49. The topological polar surface area (TPSA) is 49.3 Å². The summed E-state index contributed by atoms with van der Waals surface area (Å²) in [6.07, 6.45) is 0. The van der Waals surface area contributed by atoms with Crippen LogP contribution in [0.5, 0.6) is 0 Å². The van der Waals surface area contributed by atoms with Crippen LogP contribution in [-0.2, 0) is 4.79 Å². The highest BCUT2D eigenvalue weighted by molar-refractivity contribution is 9.10. The minimum atomic E-state index is -1.00. The van der Waals surface area contributed by atoms with E-state index in [2.05, 4.69) is 21.2 Å². The van der Waals surface area contributed by atoms with Gasteiger partial charge in [-0.2, -0.15) is 0 Å². The Morgan fingerprint density at radius 1 is 1.15 bits per heavy atom. The molecule has 3 nitrogen and oxygen atoms in total. The lowest BCUT2D eigenvalue weighted by molar-refractivity contribution is -0.138. The molecule has 6 heteroatoms. The third kappa shape index (κ3) is 3.45. The summed E-state index contributed by atoms with van der Waals surface area (Å²) >= 11 is 15.1. The zero-order chi connectivity index (χ0) is 14.7. The second-order valence-corrected chi connectivity index (χ2v) is 5.74. The highest BCUT2D eigenvalue weighted by Crippen LogP contribution is 2.30. The van der Waals surface area contributed by atoms with Crippen LogP contribution in [0, 0.1) is 0 Å². The highest BCUT2D eigenvalue weighted by atomic mass is 79.9. The Hall–Kier alpha value is -1.23. The first-order valence-electron chi connectivity index (χ1n) is 5.68. The van der Waals surface area contributed by atoms with Gasteiger partial charge in [0.2, 0.25) is 0 Å². The van der Waals surface area contributed by atoms with Gasteiger partial charge in [-0.05, 0) is 45.8 Å². The number of carboxylic acid groups (broad SMARTS) is 1. The molecule has 0 saturated heterocycles. The number of benzene rings is 2. The van der Waals surface area contributed by atoms with Crippen LogP contribution in [0.3, 0.4) is 0 Å². The van der Waals surface area contributed by atoms with Gasteiger partial charge in [0.1, 0.15) is 0 Å². The van der Waals surface area contributed by atoms with E-state index in [0.717, 1.165) is 4.47 Å². The fraction of sp³-hybridized carbons (Fsp3) is 0.0714. The largest absolute Gasteiger partial charge is 0.479 e. The number of aliphatic carboxylic acids is 1. The predicted molar refractivity (Wildman–Crippen MR) is 84.6 cm³/mol. The van der Waals surface area contributed by atoms with Crippen molar-refractivity contribution in [2.75, 3.05) is 5.32 Å². The number of hydrogen-bond donors (Lipinski definition) is 2. The molecule has 0 spiro atoms. The monoisotopic (exact) mass is 373 g/mol. The van der Waals surface area contributed by atoms with Gasteiger partial charge in [-0.1, -0.05) is 41.4 Å². The fourth-order valence-electron chi connectivity index (χ4n) is 1.71. The molecule has 0 fully saturated rings. The van der Waals surface area contributed by atoms with E-state index in [1.807, 2.05) is 18.2 Å². The molecule has 0 aliphatic rings. The molecule has 104 valence electrons. The number of carbonyl (C=O) groups is 1. The number of rotatable bonds is 4. The van der Waals surface area contributed by atoms with E-state index in [1.54, 1.807) is 24.3 Å². The zero-order valence-electron chi connectivity index (χ0n) is 10.1. The van der Waals surface area contributed by atoms with Crippen LogP contribution in [0.25, 0.3) is 0 Å². The number of carboxylic acids is 1. The molecule has 0 saturated carbocycles. The van der Waals surface area contributed by atoms with E-state index >= 15 is 0 Å². The Morgan fingerprint density at radius 3 is 2.45 bits per heavy atom. The SMILES string of the molecule is O=C(O)C(Nc1ccccc1Br)c1ccc(Cl)c(Cl)c1. The molecule has 1 atom stereocenters. The van der Waals surface area contributed by atoms with Gasteiger partial charge in [0, 0.05) is 10.2 Å². The summed E-state index contributed by atoms with van der Waals surface area (Å²) in [5.74, 6) is -1.00. The zero-order valence-corrected chi connectivity index (χ0v) is 13.2. The van der Waals surface area contributed by atoms with Gasteiger partial charge in [0.25, 0.3) is 0 Å². The highest BCUT2D eigenvalue weighted by Gasteiger charge is 2.21. The van der Waals surface area contributed by atoms with Gasteiger partial charge >= 0.3 is 5.97 Å². The summed E-state index contributed by atoms with van der Waals surface area (Å²) in [7, 11) is 0. The molecule has 2 aromatic carbocycles. The van der Waals surface area contributed by atoms with Crippen molar-refractivity contribution in [3.8, 4) is 0 Å². The Balaban J connectivity index is 2.34. The maximum atomic E-state index is 11.5. The van der Waals surface area contributed by atoms with Gasteiger partial charge in [-0.15, -0.1) is 0 Å². The van der Waals surface area contributed by atoms with Gasteiger partial charge in [0.05, 0.1) is 10.0 Å². The average Bonchev–Trinajstić information content (AvgIpc) is 2.41. The third-order valence-corrected chi connectivity index (χ3v) is 4.13. The van der Waals surface area contributed by atoms with Gasteiger partial charge in [-0.3, -0.25) is 0 Å². The van der Waals surface area contributed by atoms with E-state index in [4.69, 9.17) is 23.2 Å². The van der Waals surface area contributed by atoms with Crippen molar-refractivity contribution in [3.05, 3.63) is 62.5 Å². The molecule has 0 aromatic heterocycles. The Bertz CT molecular complexity index is 649. The Morgan fingerprint density at radius 2 is 1.85 bits per heavy atom. The Kier molecular flexibility index (Phi) is 4.91. The minimum Gasteiger partial charge on any atom is -0.479 e. The van der Waals surface area contributed by atoms with Crippen molar-refractivity contribution in [1.29, 1.82) is 0 Å². The van der Waals surface area contributed by atoms with Crippen LogP contribution >= 0.6 is 39.1 Å². The van der Waals surface area contributed by atoms with E-state index in [-0.39, 0.29) is 0 Å². The van der Waals surface area contributed by atoms with Crippen LogP contribution in [0.15, 0.2) is 46.9 Å². The van der Waals surface area contributed by atoms with Gasteiger partial charge in [-0.25, -0.2) is 4.79 Å². The number of halogens is 3. The summed E-state index contributed by atoms with van der Waals surface area (Å²) in [4.78, 5) is 11.5. The molecule has 0 heterocycles. The van der Waals surface area contributed by atoms with Crippen molar-refractivity contribution in [1.82, 2.24) is 0 Å². The normalized spacial score (nSPS) is 11.9. The van der Waals surface area contributed by atoms with E-state index in [9.17, 15) is 9.90 Å². The number of nitrogens with one attached hydrogen (secondary N) is 1. The lowest BCUT2D eigenvalue weighted by Crippen LogP contribution is -2.20. The summed E-state index contributed by atoms with van der Waals surface area (Å²) in [5, 5.41) is 13.1. The molecule has 2 N–H and O–H groups in total. The summed E-state index contributed by atoms with van der Waals surface area (Å²) < 4.78 is 0.784. The summed E-state index contributed by atoms with van der Waals surface area (Å²) in [5.41, 5.74) is 1.22. The van der Waals surface area contributed by atoms with Crippen molar-refractivity contribution < 1.29 is 9.90 Å². The van der Waals surface area contributed by atoms with E-state index in [0.29, 0.717) is 21.3 Å². The predicted octanol–water partition coefficient (Wildman–Crippen LogP) is 4.99. The fourth-order valence-corrected chi connectivity index (χ4v) is 2.42. The third-order valence-electron chi connectivity index (χ3n) is 2.70. The molecule has 1 unspecified atom stereocenters. The van der Waals surface area contributed by atoms with E-state index in [1.165, 1.54) is 0 Å². The quantitative estimate of drug-likeness (QED) is 0.792. The van der Waals surface area contributed by atoms with Crippen molar-refractivity contribution in [2.45, 2.75) is 6.04 Å². The molecule has 0 amide bonds. The summed E-state index contributed by atoms with van der Waals surface area (Å²) in [6.45, 7) is 0. The molecule has 0 aliphatic carbocycles. The minimum absolute atomic E-state index is 0.323. The second-order valence-electron chi connectivity index (χ2n) is 4.07. The summed E-state index contributed by atoms with van der Waals surface area (Å²) in [6, 6.07) is 11.1. The first-order valence-corrected chi connectivity index (χ1v) is 7.23. The van der Waals surface area contributed by atoms with Crippen LogP contribution in [-0.4, -0.2) is 11.1 Å².